The van der Waals surface area contributed by atoms with Crippen molar-refractivity contribution in [2.45, 2.75) is 25.5 Å². The highest BCUT2D eigenvalue weighted by atomic mass is 19.1. The number of rotatable bonds is 3. The van der Waals surface area contributed by atoms with Crippen molar-refractivity contribution in [1.29, 1.82) is 0 Å². The molecule has 0 aromatic heterocycles. The molecule has 0 radical (unpaired) electrons. The third-order valence-electron chi connectivity index (χ3n) is 3.65. The van der Waals surface area contributed by atoms with Gasteiger partial charge in [0.15, 0.2) is 6.23 Å². The highest BCUT2D eigenvalue weighted by Gasteiger charge is 2.28. The van der Waals surface area contributed by atoms with E-state index in [4.69, 9.17) is 4.84 Å². The lowest BCUT2D eigenvalue weighted by Gasteiger charge is -2.24. The molecule has 0 amide bonds. The number of halogens is 1. The first-order valence-electron chi connectivity index (χ1n) is 6.75. The molecule has 2 aliphatic rings. The first kappa shape index (κ1) is 12.6. The largest absolute Gasteiger partial charge is 0.317 e. The van der Waals surface area contributed by atoms with E-state index in [0.717, 1.165) is 37.3 Å². The van der Waals surface area contributed by atoms with Gasteiger partial charge in [-0.3, -0.25) is 5.48 Å². The Hall–Kier alpha value is -1.46. The van der Waals surface area contributed by atoms with Crippen molar-refractivity contribution < 1.29 is 9.23 Å². The van der Waals surface area contributed by atoms with Crippen LogP contribution in [0.2, 0.25) is 0 Å². The molecule has 1 saturated heterocycles. The average molecular weight is 263 g/mol. The number of hydrogen-bond acceptors (Lipinski definition) is 4. The van der Waals surface area contributed by atoms with Gasteiger partial charge in [-0.1, -0.05) is 12.1 Å². The van der Waals surface area contributed by atoms with Crippen LogP contribution in [-0.2, 0) is 11.3 Å². The number of nitrogens with zero attached hydrogens (tertiary/aromatic N) is 1. The lowest BCUT2D eigenvalue weighted by Crippen LogP contribution is -2.34. The van der Waals surface area contributed by atoms with E-state index in [-0.39, 0.29) is 12.0 Å². The van der Waals surface area contributed by atoms with Crippen molar-refractivity contribution >= 4 is 5.84 Å². The zero-order chi connectivity index (χ0) is 13.1. The number of piperidine rings is 1. The Labute approximate surface area is 112 Å². The second-order valence-electron chi connectivity index (χ2n) is 5.08. The molecule has 0 spiro atoms. The molecule has 0 bridgehead atoms. The van der Waals surface area contributed by atoms with Crippen molar-refractivity contribution in [3.63, 3.8) is 0 Å². The molecule has 2 N–H and O–H groups in total. The van der Waals surface area contributed by atoms with Crippen molar-refractivity contribution in [2.75, 3.05) is 13.1 Å². The topological polar surface area (TPSA) is 45.7 Å². The summed E-state index contributed by atoms with van der Waals surface area (Å²) in [6.07, 6.45) is 2.78. The summed E-state index contributed by atoms with van der Waals surface area (Å²) in [6.45, 7) is 2.07. The van der Waals surface area contributed by atoms with Crippen LogP contribution in [-0.4, -0.2) is 25.2 Å². The molecule has 0 saturated carbocycles. The molecule has 1 unspecified atom stereocenters. The molecule has 1 fully saturated rings. The molecule has 3 rings (SSSR count). The number of aliphatic imine (C=N–C) groups is 1. The Morgan fingerprint density at radius 2 is 1.95 bits per heavy atom. The maximum absolute atomic E-state index is 12.8. The Morgan fingerprint density at radius 1 is 1.21 bits per heavy atom. The minimum Gasteiger partial charge on any atom is -0.317 e. The monoisotopic (exact) mass is 263 g/mol. The normalized spacial score (nSPS) is 24.1. The van der Waals surface area contributed by atoms with E-state index in [1.165, 1.54) is 12.1 Å². The lowest BCUT2D eigenvalue weighted by atomic mass is 9.96. The van der Waals surface area contributed by atoms with Gasteiger partial charge in [-0.25, -0.2) is 14.2 Å². The average Bonchev–Trinajstić information content (AvgIpc) is 2.91. The highest BCUT2D eigenvalue weighted by Crippen LogP contribution is 2.22. The summed E-state index contributed by atoms with van der Waals surface area (Å²) >= 11 is 0. The zero-order valence-electron chi connectivity index (χ0n) is 10.7. The molecular formula is C14H18FN3O. The van der Waals surface area contributed by atoms with Gasteiger partial charge in [0.25, 0.3) is 0 Å². The molecule has 2 aliphatic heterocycles. The van der Waals surface area contributed by atoms with Crippen LogP contribution < -0.4 is 10.8 Å². The fourth-order valence-corrected chi connectivity index (χ4v) is 2.54. The van der Waals surface area contributed by atoms with Crippen LogP contribution in [0.15, 0.2) is 29.3 Å². The van der Waals surface area contributed by atoms with E-state index in [1.807, 2.05) is 0 Å². The van der Waals surface area contributed by atoms with Gasteiger partial charge in [0.1, 0.15) is 11.7 Å². The van der Waals surface area contributed by atoms with Crippen LogP contribution in [0, 0.1) is 11.7 Å². The first-order valence-corrected chi connectivity index (χ1v) is 6.75. The Bertz CT molecular complexity index is 454. The molecule has 102 valence electrons. The van der Waals surface area contributed by atoms with Crippen molar-refractivity contribution in [3.05, 3.63) is 35.6 Å². The van der Waals surface area contributed by atoms with E-state index in [9.17, 15) is 4.39 Å². The molecule has 0 aliphatic carbocycles. The molecular weight excluding hydrogens is 245 g/mol. The third kappa shape index (κ3) is 3.11. The highest BCUT2D eigenvalue weighted by molar-refractivity contribution is 5.84. The van der Waals surface area contributed by atoms with Crippen LogP contribution >= 0.6 is 0 Å². The van der Waals surface area contributed by atoms with E-state index < -0.39 is 0 Å². The maximum Gasteiger partial charge on any atom is 0.179 e. The fourth-order valence-electron chi connectivity index (χ4n) is 2.54. The number of amidine groups is 1. The molecule has 1 aromatic rings. The van der Waals surface area contributed by atoms with Crippen LogP contribution in [0.25, 0.3) is 0 Å². The van der Waals surface area contributed by atoms with Gasteiger partial charge in [0, 0.05) is 12.3 Å². The SMILES string of the molecule is Fc1ccc(CC2=NC(C3CCNCC3)ON2)cc1. The van der Waals surface area contributed by atoms with Crippen LogP contribution in [0.5, 0.6) is 0 Å². The van der Waals surface area contributed by atoms with Crippen molar-refractivity contribution in [1.82, 2.24) is 10.8 Å². The molecule has 4 nitrogen and oxygen atoms in total. The van der Waals surface area contributed by atoms with Gasteiger partial charge in [-0.05, 0) is 43.6 Å². The molecule has 19 heavy (non-hydrogen) atoms. The second-order valence-corrected chi connectivity index (χ2v) is 5.08. The lowest BCUT2D eigenvalue weighted by molar-refractivity contribution is -0.00750. The Balaban J connectivity index is 1.61. The van der Waals surface area contributed by atoms with E-state index >= 15 is 0 Å². The van der Waals surface area contributed by atoms with E-state index in [0.29, 0.717) is 12.3 Å². The smallest absolute Gasteiger partial charge is 0.179 e. The summed E-state index contributed by atoms with van der Waals surface area (Å²) in [5.41, 5.74) is 3.93. The molecule has 2 heterocycles. The summed E-state index contributed by atoms with van der Waals surface area (Å²) in [5.74, 6) is 1.10. The summed E-state index contributed by atoms with van der Waals surface area (Å²) in [6, 6.07) is 6.49. The zero-order valence-corrected chi connectivity index (χ0v) is 10.7. The molecule has 1 aromatic carbocycles. The van der Waals surface area contributed by atoms with Gasteiger partial charge in [-0.15, -0.1) is 0 Å². The van der Waals surface area contributed by atoms with Gasteiger partial charge < -0.3 is 5.32 Å². The number of nitrogens with one attached hydrogen (secondary N) is 2. The Kier molecular flexibility index (Phi) is 3.75. The van der Waals surface area contributed by atoms with Crippen molar-refractivity contribution in [3.8, 4) is 0 Å². The first-order chi connectivity index (χ1) is 9.31. The van der Waals surface area contributed by atoms with Gasteiger partial charge in [0.05, 0.1) is 0 Å². The fraction of sp³-hybridized carbons (Fsp3) is 0.500. The quantitative estimate of drug-likeness (QED) is 0.871. The van der Waals surface area contributed by atoms with E-state index in [1.54, 1.807) is 12.1 Å². The maximum atomic E-state index is 12.8. The second kappa shape index (κ2) is 5.67. The molecule has 5 heteroatoms. The third-order valence-corrected chi connectivity index (χ3v) is 3.65. The number of hydrogen-bond donors (Lipinski definition) is 2. The predicted octanol–water partition coefficient (Wildman–Crippen LogP) is 1.63. The van der Waals surface area contributed by atoms with E-state index in [2.05, 4.69) is 15.8 Å². The van der Waals surface area contributed by atoms with Crippen molar-refractivity contribution in [2.24, 2.45) is 10.9 Å². The standard InChI is InChI=1S/C14H18FN3O/c15-12-3-1-10(2-4-12)9-13-17-14(19-18-13)11-5-7-16-8-6-11/h1-4,11,14,16H,5-9H2,(H,17,18). The van der Waals surface area contributed by atoms with Crippen LogP contribution in [0.3, 0.4) is 0 Å². The summed E-state index contributed by atoms with van der Waals surface area (Å²) in [7, 11) is 0. The summed E-state index contributed by atoms with van der Waals surface area (Å²) in [5, 5.41) is 3.33. The van der Waals surface area contributed by atoms with Crippen LogP contribution in [0.1, 0.15) is 18.4 Å². The minimum atomic E-state index is -0.214. The summed E-state index contributed by atoms with van der Waals surface area (Å²) < 4.78 is 12.8. The minimum absolute atomic E-state index is 0.0717. The van der Waals surface area contributed by atoms with Gasteiger partial charge >= 0.3 is 0 Å². The number of hydroxylamine groups is 1. The van der Waals surface area contributed by atoms with Gasteiger partial charge in [0.2, 0.25) is 0 Å². The predicted molar refractivity (Wildman–Crippen MR) is 71.1 cm³/mol. The van der Waals surface area contributed by atoms with Gasteiger partial charge in [-0.2, -0.15) is 0 Å². The summed E-state index contributed by atoms with van der Waals surface area (Å²) in [4.78, 5) is 10.1. The Morgan fingerprint density at radius 3 is 2.68 bits per heavy atom. The molecule has 1 atom stereocenters. The van der Waals surface area contributed by atoms with Crippen LogP contribution in [0.4, 0.5) is 4.39 Å². The number of benzene rings is 1.